The number of rotatable bonds is 7. The van der Waals surface area contributed by atoms with E-state index >= 15 is 0 Å². The van der Waals surface area contributed by atoms with Gasteiger partial charge in [-0.3, -0.25) is 9.78 Å². The summed E-state index contributed by atoms with van der Waals surface area (Å²) in [5.41, 5.74) is 0.531. The minimum Gasteiger partial charge on any atom is -0.451 e. The van der Waals surface area contributed by atoms with Gasteiger partial charge in [0.25, 0.3) is 5.91 Å². The Morgan fingerprint density at radius 2 is 1.83 bits per heavy atom. The topological polar surface area (TPSA) is 58.4 Å². The van der Waals surface area contributed by atoms with Crippen molar-refractivity contribution in [2.75, 3.05) is 23.3 Å². The molecule has 0 radical (unpaired) electrons. The van der Waals surface area contributed by atoms with Gasteiger partial charge in [-0.15, -0.1) is 0 Å². The molecule has 158 valence electrons. The highest BCUT2D eigenvalue weighted by Gasteiger charge is 2.31. The van der Waals surface area contributed by atoms with Gasteiger partial charge in [0, 0.05) is 31.0 Å². The number of pyridine rings is 1. The number of hydrogen-bond donors (Lipinski definition) is 1. The van der Waals surface area contributed by atoms with Crippen molar-refractivity contribution in [2.45, 2.75) is 26.4 Å². The smallest absolute Gasteiger partial charge is 0.416 e. The molecule has 0 aliphatic carbocycles. The molecule has 1 N–H and O–H groups in total. The van der Waals surface area contributed by atoms with Crippen LogP contribution >= 0.6 is 0 Å². The highest BCUT2D eigenvalue weighted by Crippen LogP contribution is 2.36. The molecule has 8 heteroatoms. The fourth-order valence-electron chi connectivity index (χ4n) is 3.12. The van der Waals surface area contributed by atoms with Gasteiger partial charge in [-0.25, -0.2) is 0 Å². The van der Waals surface area contributed by atoms with E-state index in [9.17, 15) is 18.0 Å². The Hall–Kier alpha value is -3.29. The van der Waals surface area contributed by atoms with Gasteiger partial charge in [0.05, 0.1) is 16.9 Å². The van der Waals surface area contributed by atoms with Crippen molar-refractivity contribution in [3.63, 3.8) is 0 Å². The lowest BCUT2D eigenvalue weighted by Gasteiger charge is -2.26. The van der Waals surface area contributed by atoms with Crippen LogP contribution in [0.25, 0.3) is 11.3 Å². The fraction of sp³-hybridized carbons (Fsp3) is 0.273. The average molecular weight is 417 g/mol. The lowest BCUT2D eigenvalue weighted by atomic mass is 10.1. The summed E-state index contributed by atoms with van der Waals surface area (Å²) in [7, 11) is 0. The van der Waals surface area contributed by atoms with E-state index in [2.05, 4.69) is 10.3 Å². The molecule has 30 heavy (non-hydrogen) atoms. The minimum absolute atomic E-state index is 0.00344. The first kappa shape index (κ1) is 21.4. The number of halogens is 3. The van der Waals surface area contributed by atoms with Crippen LogP contribution < -0.4 is 10.2 Å². The van der Waals surface area contributed by atoms with Crippen molar-refractivity contribution in [2.24, 2.45) is 0 Å². The first-order chi connectivity index (χ1) is 14.3. The molecule has 0 fully saturated rings. The number of carbonyl (C=O) groups excluding carboxylic acids is 1. The number of hydrogen-bond acceptors (Lipinski definition) is 4. The number of furan rings is 1. The largest absolute Gasteiger partial charge is 0.451 e. The highest BCUT2D eigenvalue weighted by molar-refractivity contribution is 6.04. The van der Waals surface area contributed by atoms with Gasteiger partial charge in [0.2, 0.25) is 0 Å². The van der Waals surface area contributed by atoms with E-state index in [1.807, 2.05) is 18.7 Å². The van der Waals surface area contributed by atoms with Crippen LogP contribution in [0.4, 0.5) is 24.5 Å². The first-order valence-corrected chi connectivity index (χ1v) is 9.61. The number of anilines is 2. The Balaban J connectivity index is 1.92. The van der Waals surface area contributed by atoms with Crippen molar-refractivity contribution in [1.82, 2.24) is 4.98 Å². The molecule has 0 aliphatic heterocycles. The number of benzene rings is 1. The summed E-state index contributed by atoms with van der Waals surface area (Å²) in [6, 6.07) is 9.96. The highest BCUT2D eigenvalue weighted by atomic mass is 19.4. The van der Waals surface area contributed by atoms with Gasteiger partial charge in [-0.1, -0.05) is 6.92 Å². The second-order valence-corrected chi connectivity index (χ2v) is 6.66. The van der Waals surface area contributed by atoms with Crippen LogP contribution in [0.1, 0.15) is 36.4 Å². The van der Waals surface area contributed by atoms with Gasteiger partial charge < -0.3 is 14.6 Å². The molecule has 1 aromatic carbocycles. The van der Waals surface area contributed by atoms with Gasteiger partial charge >= 0.3 is 6.18 Å². The molecule has 0 bridgehead atoms. The Bertz CT molecular complexity index is 1000. The van der Waals surface area contributed by atoms with Crippen LogP contribution in [0, 0.1) is 0 Å². The summed E-state index contributed by atoms with van der Waals surface area (Å²) in [5, 5.41) is 2.59. The SMILES string of the molecule is CCCN(CC)c1ccc(C(F)(F)F)cc1NC(=O)c1ccc(-c2ccncc2)o1. The Labute approximate surface area is 172 Å². The zero-order valence-electron chi connectivity index (χ0n) is 16.7. The molecule has 2 aromatic heterocycles. The quantitative estimate of drug-likeness (QED) is 0.524. The maximum Gasteiger partial charge on any atom is 0.416 e. The Morgan fingerprint density at radius 1 is 1.10 bits per heavy atom. The second-order valence-electron chi connectivity index (χ2n) is 6.66. The maximum atomic E-state index is 13.2. The number of amides is 1. The van der Waals surface area contributed by atoms with Crippen LogP contribution in [0.5, 0.6) is 0 Å². The molecule has 3 rings (SSSR count). The number of aromatic nitrogens is 1. The van der Waals surface area contributed by atoms with E-state index in [0.29, 0.717) is 24.5 Å². The van der Waals surface area contributed by atoms with E-state index in [1.165, 1.54) is 12.1 Å². The lowest BCUT2D eigenvalue weighted by molar-refractivity contribution is -0.137. The monoisotopic (exact) mass is 417 g/mol. The molecule has 3 aromatic rings. The lowest BCUT2D eigenvalue weighted by Crippen LogP contribution is -2.25. The van der Waals surface area contributed by atoms with Gasteiger partial charge in [-0.2, -0.15) is 13.2 Å². The number of nitrogens with one attached hydrogen (secondary N) is 1. The molecular weight excluding hydrogens is 395 g/mol. The van der Waals surface area contributed by atoms with Crippen LogP contribution in [-0.4, -0.2) is 24.0 Å². The number of alkyl halides is 3. The van der Waals surface area contributed by atoms with Crippen LogP contribution in [0.2, 0.25) is 0 Å². The van der Waals surface area contributed by atoms with Crippen molar-refractivity contribution in [1.29, 1.82) is 0 Å². The van der Waals surface area contributed by atoms with Gasteiger partial charge in [0.15, 0.2) is 5.76 Å². The molecule has 2 heterocycles. The maximum absolute atomic E-state index is 13.2. The van der Waals surface area contributed by atoms with Crippen molar-refractivity contribution in [3.05, 3.63) is 66.2 Å². The molecule has 0 saturated heterocycles. The predicted molar refractivity (Wildman–Crippen MR) is 110 cm³/mol. The minimum atomic E-state index is -4.51. The molecule has 0 unspecified atom stereocenters. The van der Waals surface area contributed by atoms with E-state index in [1.54, 1.807) is 30.6 Å². The third-order valence-corrected chi connectivity index (χ3v) is 4.58. The van der Waals surface area contributed by atoms with E-state index in [0.717, 1.165) is 24.1 Å². The van der Waals surface area contributed by atoms with Crippen LogP contribution in [0.15, 0.2) is 59.3 Å². The Kier molecular flexibility index (Phi) is 6.44. The van der Waals surface area contributed by atoms with E-state index < -0.39 is 17.6 Å². The zero-order chi connectivity index (χ0) is 21.7. The second kappa shape index (κ2) is 9.02. The first-order valence-electron chi connectivity index (χ1n) is 9.61. The molecular formula is C22H22F3N3O2. The van der Waals surface area contributed by atoms with Gasteiger partial charge in [0.1, 0.15) is 5.76 Å². The zero-order valence-corrected chi connectivity index (χ0v) is 16.7. The predicted octanol–water partition coefficient (Wildman–Crippen LogP) is 5.85. The average Bonchev–Trinajstić information content (AvgIpc) is 3.23. The standard InChI is InChI=1S/C22H22F3N3O2/c1-3-13-28(4-2)18-6-5-16(22(23,24)25)14-17(18)27-21(29)20-8-7-19(30-20)15-9-11-26-12-10-15/h5-12,14H,3-4,13H2,1-2H3,(H,27,29). The fourth-order valence-corrected chi connectivity index (χ4v) is 3.12. The third-order valence-electron chi connectivity index (χ3n) is 4.58. The summed E-state index contributed by atoms with van der Waals surface area (Å²) in [6.45, 7) is 5.13. The number of nitrogens with zero attached hydrogens (tertiary/aromatic N) is 2. The molecule has 0 spiro atoms. The molecule has 0 saturated carbocycles. The van der Waals surface area contributed by atoms with Crippen LogP contribution in [0.3, 0.4) is 0 Å². The van der Waals surface area contributed by atoms with Crippen molar-refractivity contribution < 1.29 is 22.4 Å². The normalized spacial score (nSPS) is 11.4. The summed E-state index contributed by atoms with van der Waals surface area (Å²) in [5.74, 6) is -0.153. The molecule has 1 amide bonds. The molecule has 0 aliphatic rings. The molecule has 0 atom stereocenters. The van der Waals surface area contributed by atoms with Gasteiger partial charge in [-0.05, 0) is 55.8 Å². The summed E-state index contributed by atoms with van der Waals surface area (Å²) < 4.78 is 45.3. The van der Waals surface area contributed by atoms with Crippen molar-refractivity contribution >= 4 is 17.3 Å². The van der Waals surface area contributed by atoms with E-state index in [-0.39, 0.29) is 11.4 Å². The van der Waals surface area contributed by atoms with Crippen LogP contribution in [-0.2, 0) is 6.18 Å². The third kappa shape index (κ3) is 4.82. The Morgan fingerprint density at radius 3 is 2.47 bits per heavy atom. The molecule has 5 nitrogen and oxygen atoms in total. The van der Waals surface area contributed by atoms with E-state index in [4.69, 9.17) is 4.42 Å². The number of carbonyl (C=O) groups is 1. The van der Waals surface area contributed by atoms with Crippen molar-refractivity contribution in [3.8, 4) is 11.3 Å². The summed E-state index contributed by atoms with van der Waals surface area (Å²) in [6.07, 6.45) is -0.506. The summed E-state index contributed by atoms with van der Waals surface area (Å²) >= 11 is 0. The summed E-state index contributed by atoms with van der Waals surface area (Å²) in [4.78, 5) is 18.6.